The quantitative estimate of drug-likeness (QED) is 0.120. The Balaban J connectivity index is 0.000000480. The number of Topliss-reactive ketones (excluding diaryl/α,β-unsaturated/α-hetero) is 2. The number of aliphatic hydroxyl groups is 2. The first-order chi connectivity index (χ1) is 22.8. The zero-order valence-electron chi connectivity index (χ0n) is 29.8. The van der Waals surface area contributed by atoms with Crippen molar-refractivity contribution in [2.24, 2.45) is 0 Å². The smallest absolute Gasteiger partial charge is 0.359 e. The summed E-state index contributed by atoms with van der Waals surface area (Å²) in [5.41, 5.74) is 2.31. The van der Waals surface area contributed by atoms with Crippen molar-refractivity contribution in [2.45, 2.75) is 79.3 Å². The Morgan fingerprint density at radius 3 is 1.54 bits per heavy atom. The van der Waals surface area contributed by atoms with Crippen molar-refractivity contribution in [3.63, 3.8) is 0 Å². The molecule has 0 amide bonds. The number of esters is 2. The Morgan fingerprint density at radius 1 is 0.688 bits per heavy atom. The summed E-state index contributed by atoms with van der Waals surface area (Å²) in [5, 5.41) is 26.8. The molecule has 0 atom stereocenters. The molecule has 0 spiro atoms. The van der Waals surface area contributed by atoms with E-state index in [0.29, 0.717) is 29.7 Å². The number of carbonyl (C=O) groups excluding carboxylic acids is 4. The normalized spacial score (nSPS) is 11.0. The van der Waals surface area contributed by atoms with Crippen LogP contribution in [0.15, 0.2) is 24.6 Å². The van der Waals surface area contributed by atoms with Crippen molar-refractivity contribution in [3.05, 3.63) is 58.5 Å². The third-order valence-electron chi connectivity index (χ3n) is 6.73. The SMILES string of the molecule is CCOC(=O)c1c(CCCC=CN(C)C)c(C(C)=O)nn1CCO.CCOC(=O)c1nn(CCO)c(C(C)=O)c1CCCC=CN(C)C. The molecule has 0 aliphatic heterocycles. The van der Waals surface area contributed by atoms with Gasteiger partial charge in [0.05, 0.1) is 39.5 Å². The van der Waals surface area contributed by atoms with Gasteiger partial charge < -0.3 is 29.5 Å². The maximum absolute atomic E-state index is 12.3. The first kappa shape index (κ1) is 41.7. The van der Waals surface area contributed by atoms with Crippen molar-refractivity contribution >= 4 is 23.5 Å². The molecule has 0 radical (unpaired) electrons. The van der Waals surface area contributed by atoms with Crippen LogP contribution in [0.5, 0.6) is 0 Å². The van der Waals surface area contributed by atoms with E-state index in [1.807, 2.05) is 62.5 Å². The third kappa shape index (κ3) is 13.4. The van der Waals surface area contributed by atoms with E-state index < -0.39 is 11.9 Å². The van der Waals surface area contributed by atoms with Crippen LogP contribution >= 0.6 is 0 Å². The molecule has 14 nitrogen and oxygen atoms in total. The molecule has 2 aromatic heterocycles. The lowest BCUT2D eigenvalue weighted by Gasteiger charge is -2.08. The average molecular weight is 675 g/mol. The van der Waals surface area contributed by atoms with Crippen LogP contribution in [-0.4, -0.2) is 118 Å². The molecule has 0 aliphatic rings. The summed E-state index contributed by atoms with van der Waals surface area (Å²) >= 11 is 0. The van der Waals surface area contributed by atoms with Gasteiger partial charge in [0.2, 0.25) is 0 Å². The minimum Gasteiger partial charge on any atom is -0.461 e. The molecule has 0 fully saturated rings. The predicted octanol–water partition coefficient (Wildman–Crippen LogP) is 3.31. The van der Waals surface area contributed by atoms with Gasteiger partial charge in [0.25, 0.3) is 0 Å². The lowest BCUT2D eigenvalue weighted by molar-refractivity contribution is 0.0502. The second kappa shape index (κ2) is 22.3. The Kier molecular flexibility index (Phi) is 19.4. The molecule has 0 aromatic carbocycles. The van der Waals surface area contributed by atoms with Gasteiger partial charge in [-0.25, -0.2) is 9.59 Å². The van der Waals surface area contributed by atoms with E-state index in [1.165, 1.54) is 23.2 Å². The van der Waals surface area contributed by atoms with Gasteiger partial charge in [-0.05, 0) is 64.8 Å². The number of aromatic nitrogens is 4. The van der Waals surface area contributed by atoms with Crippen LogP contribution in [0.3, 0.4) is 0 Å². The maximum atomic E-state index is 12.3. The van der Waals surface area contributed by atoms with E-state index in [9.17, 15) is 24.3 Å². The van der Waals surface area contributed by atoms with Gasteiger partial charge in [0, 0.05) is 53.2 Å². The van der Waals surface area contributed by atoms with Crippen molar-refractivity contribution in [3.8, 4) is 0 Å². The highest BCUT2D eigenvalue weighted by molar-refractivity contribution is 5.99. The van der Waals surface area contributed by atoms with Crippen molar-refractivity contribution in [2.75, 3.05) is 54.6 Å². The Labute approximate surface area is 284 Å². The summed E-state index contributed by atoms with van der Waals surface area (Å²) in [6.07, 6.45) is 12.3. The number of hydrogen-bond acceptors (Lipinski definition) is 12. The van der Waals surface area contributed by atoms with Crippen molar-refractivity contribution in [1.82, 2.24) is 29.4 Å². The molecule has 14 heteroatoms. The zero-order chi connectivity index (χ0) is 36.2. The maximum Gasteiger partial charge on any atom is 0.359 e. The number of rotatable bonds is 20. The standard InChI is InChI=1S/2C17H27N3O4/c1-5-24-17(23)15-14(9-7-6-8-10-19(3)4)16(13(2)22)20(18-15)11-12-21;1-5-24-17(23)16-14(9-7-6-8-10-19(3)4)15(13(2)22)18-20(16)11-12-21/h2*8,10,21H,5-7,9,11-12H2,1-4H3. The van der Waals surface area contributed by atoms with Gasteiger partial charge in [-0.3, -0.25) is 19.0 Å². The zero-order valence-corrected chi connectivity index (χ0v) is 29.8. The van der Waals surface area contributed by atoms with E-state index in [-0.39, 0.29) is 68.2 Å². The second-order valence-corrected chi connectivity index (χ2v) is 11.3. The molecule has 0 unspecified atom stereocenters. The topological polar surface area (TPSA) is 169 Å². The fourth-order valence-corrected chi connectivity index (χ4v) is 4.82. The molecule has 2 rings (SSSR count). The number of allylic oxidation sites excluding steroid dienone is 2. The minimum absolute atomic E-state index is 0.148. The van der Waals surface area contributed by atoms with Crippen molar-refractivity contribution in [1.29, 1.82) is 0 Å². The van der Waals surface area contributed by atoms with Gasteiger partial charge in [-0.2, -0.15) is 10.2 Å². The average Bonchev–Trinajstić information content (AvgIpc) is 3.56. The molecular weight excluding hydrogens is 620 g/mol. The van der Waals surface area contributed by atoms with Crippen LogP contribution in [0, 0.1) is 0 Å². The van der Waals surface area contributed by atoms with Crippen LogP contribution in [-0.2, 0) is 35.4 Å². The largest absolute Gasteiger partial charge is 0.461 e. The third-order valence-corrected chi connectivity index (χ3v) is 6.73. The van der Waals surface area contributed by atoms with Crippen LogP contribution < -0.4 is 0 Å². The van der Waals surface area contributed by atoms with Gasteiger partial charge in [-0.1, -0.05) is 12.2 Å². The van der Waals surface area contributed by atoms with Crippen molar-refractivity contribution < 1.29 is 38.9 Å². The lowest BCUT2D eigenvalue weighted by Crippen LogP contribution is -2.16. The molecule has 0 saturated carbocycles. The monoisotopic (exact) mass is 674 g/mol. The van der Waals surface area contributed by atoms with Gasteiger partial charge in [0.15, 0.2) is 23.0 Å². The minimum atomic E-state index is -0.532. The summed E-state index contributed by atoms with van der Waals surface area (Å²) in [5.74, 6) is -1.42. The van der Waals surface area contributed by atoms with E-state index in [0.717, 1.165) is 25.7 Å². The summed E-state index contributed by atoms with van der Waals surface area (Å²) in [4.78, 5) is 52.2. The first-order valence-corrected chi connectivity index (χ1v) is 16.3. The Morgan fingerprint density at radius 2 is 1.12 bits per heavy atom. The molecule has 2 heterocycles. The molecule has 0 bridgehead atoms. The Bertz CT molecular complexity index is 1370. The highest BCUT2D eigenvalue weighted by Gasteiger charge is 2.27. The second-order valence-electron chi connectivity index (χ2n) is 11.3. The first-order valence-electron chi connectivity index (χ1n) is 16.3. The van der Waals surface area contributed by atoms with E-state index in [4.69, 9.17) is 14.6 Å². The Hall–Kier alpha value is -4.30. The van der Waals surface area contributed by atoms with Crippen LogP contribution in [0.2, 0.25) is 0 Å². The van der Waals surface area contributed by atoms with Crippen LogP contribution in [0.25, 0.3) is 0 Å². The van der Waals surface area contributed by atoms with Gasteiger partial charge in [0.1, 0.15) is 11.4 Å². The molecule has 0 saturated heterocycles. The molecule has 48 heavy (non-hydrogen) atoms. The van der Waals surface area contributed by atoms with E-state index in [2.05, 4.69) is 10.2 Å². The fourth-order valence-electron chi connectivity index (χ4n) is 4.82. The summed E-state index contributed by atoms with van der Waals surface area (Å²) < 4.78 is 12.9. The molecular formula is C34H54N6O8. The molecule has 0 aliphatic carbocycles. The predicted molar refractivity (Wildman–Crippen MR) is 182 cm³/mol. The highest BCUT2D eigenvalue weighted by Crippen LogP contribution is 2.21. The number of ketones is 2. The fraction of sp³-hybridized carbons (Fsp3) is 0.588. The number of nitrogens with zero attached hydrogens (tertiary/aromatic N) is 6. The van der Waals surface area contributed by atoms with Crippen LogP contribution in [0.1, 0.15) is 106 Å². The highest BCUT2D eigenvalue weighted by atomic mass is 16.5. The van der Waals surface area contributed by atoms with Crippen LogP contribution in [0.4, 0.5) is 0 Å². The number of ether oxygens (including phenoxy) is 2. The summed E-state index contributed by atoms with van der Waals surface area (Å²) in [6.45, 7) is 6.78. The molecule has 2 N–H and O–H groups in total. The number of carbonyl (C=O) groups is 4. The number of aliphatic hydroxyl groups excluding tert-OH is 2. The summed E-state index contributed by atoms with van der Waals surface area (Å²) in [7, 11) is 7.79. The van der Waals surface area contributed by atoms with Gasteiger partial charge in [-0.15, -0.1) is 0 Å². The molecule has 268 valence electrons. The number of hydrogen-bond donors (Lipinski definition) is 2. The van der Waals surface area contributed by atoms with E-state index in [1.54, 1.807) is 13.8 Å². The van der Waals surface area contributed by atoms with E-state index >= 15 is 0 Å². The lowest BCUT2D eigenvalue weighted by atomic mass is 10.0. The number of unbranched alkanes of at least 4 members (excludes halogenated alkanes) is 2. The van der Waals surface area contributed by atoms with Gasteiger partial charge >= 0.3 is 11.9 Å². The molecule has 2 aromatic rings. The summed E-state index contributed by atoms with van der Waals surface area (Å²) in [6, 6.07) is 0.